The SMILES string of the molecule is CCc1ccc(N(N)C(C)C(N)=O)cc1. The molecule has 0 aliphatic carbocycles. The number of rotatable bonds is 4. The fourth-order valence-corrected chi connectivity index (χ4v) is 1.26. The Morgan fingerprint density at radius 1 is 1.40 bits per heavy atom. The summed E-state index contributed by atoms with van der Waals surface area (Å²) in [5.74, 6) is 5.33. The highest BCUT2D eigenvalue weighted by molar-refractivity contribution is 5.82. The summed E-state index contributed by atoms with van der Waals surface area (Å²) in [6.07, 6.45) is 0.982. The van der Waals surface area contributed by atoms with Gasteiger partial charge in [-0.05, 0) is 31.0 Å². The van der Waals surface area contributed by atoms with Crippen molar-refractivity contribution < 1.29 is 4.79 Å². The highest BCUT2D eigenvalue weighted by Crippen LogP contribution is 2.14. The molecule has 0 radical (unpaired) electrons. The van der Waals surface area contributed by atoms with Gasteiger partial charge in [0.2, 0.25) is 5.91 Å². The van der Waals surface area contributed by atoms with Crippen LogP contribution in [-0.2, 0) is 11.2 Å². The first-order valence-electron chi connectivity index (χ1n) is 4.98. The Hall–Kier alpha value is -1.55. The number of hydrogen-bond acceptors (Lipinski definition) is 3. The van der Waals surface area contributed by atoms with Gasteiger partial charge in [-0.2, -0.15) is 0 Å². The normalized spacial score (nSPS) is 12.2. The number of anilines is 1. The van der Waals surface area contributed by atoms with Crippen LogP contribution in [0.2, 0.25) is 0 Å². The van der Waals surface area contributed by atoms with E-state index in [4.69, 9.17) is 11.6 Å². The fraction of sp³-hybridized carbons (Fsp3) is 0.364. The van der Waals surface area contributed by atoms with Gasteiger partial charge in [-0.3, -0.25) is 9.80 Å². The van der Waals surface area contributed by atoms with E-state index >= 15 is 0 Å². The van der Waals surface area contributed by atoms with E-state index in [1.807, 2.05) is 24.3 Å². The molecule has 1 amide bonds. The van der Waals surface area contributed by atoms with E-state index in [2.05, 4.69) is 6.92 Å². The predicted molar refractivity (Wildman–Crippen MR) is 61.1 cm³/mol. The van der Waals surface area contributed by atoms with Crippen molar-refractivity contribution in [1.82, 2.24) is 0 Å². The molecule has 4 N–H and O–H groups in total. The number of aryl methyl sites for hydroxylation is 1. The van der Waals surface area contributed by atoms with Crippen LogP contribution < -0.4 is 16.6 Å². The second-order valence-electron chi connectivity index (χ2n) is 3.51. The number of amides is 1. The zero-order valence-corrected chi connectivity index (χ0v) is 9.10. The van der Waals surface area contributed by atoms with E-state index in [1.54, 1.807) is 6.92 Å². The largest absolute Gasteiger partial charge is 0.368 e. The summed E-state index contributed by atoms with van der Waals surface area (Å²) in [5, 5.41) is 1.38. The number of benzene rings is 1. The molecule has 1 rings (SSSR count). The molecular formula is C11H17N3O. The zero-order chi connectivity index (χ0) is 11.4. The van der Waals surface area contributed by atoms with Crippen LogP contribution in [-0.4, -0.2) is 11.9 Å². The van der Waals surface area contributed by atoms with Gasteiger partial charge < -0.3 is 5.73 Å². The molecule has 82 valence electrons. The topological polar surface area (TPSA) is 72.3 Å². The van der Waals surface area contributed by atoms with Crippen LogP contribution in [0.1, 0.15) is 19.4 Å². The summed E-state index contributed by atoms with van der Waals surface area (Å²) in [7, 11) is 0. The number of nitrogens with two attached hydrogens (primary N) is 2. The van der Waals surface area contributed by atoms with Crippen LogP contribution in [0.15, 0.2) is 24.3 Å². The third kappa shape index (κ3) is 2.70. The number of carbonyl (C=O) groups is 1. The lowest BCUT2D eigenvalue weighted by molar-refractivity contribution is -0.118. The van der Waals surface area contributed by atoms with Crippen LogP contribution in [0.5, 0.6) is 0 Å². The zero-order valence-electron chi connectivity index (χ0n) is 9.10. The third-order valence-electron chi connectivity index (χ3n) is 2.47. The van der Waals surface area contributed by atoms with Gasteiger partial charge in [0, 0.05) is 0 Å². The molecule has 0 aliphatic heterocycles. The van der Waals surface area contributed by atoms with Gasteiger partial charge in [0.1, 0.15) is 6.04 Å². The molecule has 0 spiro atoms. The quantitative estimate of drug-likeness (QED) is 0.566. The fourth-order valence-electron chi connectivity index (χ4n) is 1.26. The van der Waals surface area contributed by atoms with E-state index in [-0.39, 0.29) is 0 Å². The van der Waals surface area contributed by atoms with E-state index in [0.717, 1.165) is 12.1 Å². The molecule has 0 saturated carbocycles. The Morgan fingerprint density at radius 2 is 1.93 bits per heavy atom. The number of primary amides is 1. The number of carbonyl (C=O) groups excluding carboxylic acids is 1. The molecule has 1 unspecified atom stereocenters. The molecule has 1 atom stereocenters. The monoisotopic (exact) mass is 207 g/mol. The number of nitrogens with zero attached hydrogens (tertiary/aromatic N) is 1. The summed E-state index contributed by atoms with van der Waals surface area (Å²) < 4.78 is 0. The van der Waals surface area contributed by atoms with Crippen molar-refractivity contribution in [2.75, 3.05) is 5.01 Å². The molecule has 0 aliphatic rings. The van der Waals surface area contributed by atoms with E-state index in [1.165, 1.54) is 10.6 Å². The summed E-state index contributed by atoms with van der Waals surface area (Å²) in [5.41, 5.74) is 7.20. The van der Waals surface area contributed by atoms with Gasteiger partial charge in [-0.1, -0.05) is 19.1 Å². The van der Waals surface area contributed by atoms with Gasteiger partial charge in [-0.15, -0.1) is 0 Å². The Kier molecular flexibility index (Phi) is 3.68. The molecule has 1 aromatic rings. The predicted octanol–water partition coefficient (Wildman–Crippen LogP) is 0.803. The average Bonchev–Trinajstić information content (AvgIpc) is 2.27. The Balaban J connectivity index is 2.82. The van der Waals surface area contributed by atoms with Crippen molar-refractivity contribution in [3.05, 3.63) is 29.8 Å². The van der Waals surface area contributed by atoms with E-state index < -0.39 is 11.9 Å². The Labute approximate surface area is 89.8 Å². The van der Waals surface area contributed by atoms with Crippen LogP contribution >= 0.6 is 0 Å². The average molecular weight is 207 g/mol. The minimum atomic E-state index is -0.502. The summed E-state index contributed by atoms with van der Waals surface area (Å²) >= 11 is 0. The standard InChI is InChI=1S/C11H17N3O/c1-3-9-4-6-10(7-5-9)14(13)8(2)11(12)15/h4-8H,3,13H2,1-2H3,(H2,12,15). The lowest BCUT2D eigenvalue weighted by atomic mass is 10.1. The molecule has 0 heterocycles. The molecule has 0 aromatic heterocycles. The maximum Gasteiger partial charge on any atom is 0.241 e. The first-order chi connectivity index (χ1) is 7.06. The first kappa shape index (κ1) is 11.5. The Bertz CT molecular complexity index is 334. The van der Waals surface area contributed by atoms with Crippen LogP contribution in [0.25, 0.3) is 0 Å². The van der Waals surface area contributed by atoms with Gasteiger partial charge in [0.15, 0.2) is 0 Å². The minimum Gasteiger partial charge on any atom is -0.368 e. The highest BCUT2D eigenvalue weighted by Gasteiger charge is 2.15. The van der Waals surface area contributed by atoms with Crippen molar-refractivity contribution in [3.8, 4) is 0 Å². The van der Waals surface area contributed by atoms with Crippen molar-refractivity contribution in [2.24, 2.45) is 11.6 Å². The van der Waals surface area contributed by atoms with Crippen LogP contribution in [0.4, 0.5) is 5.69 Å². The smallest absolute Gasteiger partial charge is 0.241 e. The van der Waals surface area contributed by atoms with Crippen molar-refractivity contribution in [3.63, 3.8) is 0 Å². The molecule has 1 aromatic carbocycles. The van der Waals surface area contributed by atoms with E-state index in [9.17, 15) is 4.79 Å². The molecular weight excluding hydrogens is 190 g/mol. The van der Waals surface area contributed by atoms with Gasteiger partial charge in [0.25, 0.3) is 0 Å². The maximum atomic E-state index is 10.9. The van der Waals surface area contributed by atoms with Gasteiger partial charge in [0.05, 0.1) is 5.69 Å². The minimum absolute atomic E-state index is 0.433. The van der Waals surface area contributed by atoms with Crippen molar-refractivity contribution >= 4 is 11.6 Å². The van der Waals surface area contributed by atoms with Crippen molar-refractivity contribution in [2.45, 2.75) is 26.3 Å². The molecule has 4 heteroatoms. The molecule has 0 bridgehead atoms. The third-order valence-corrected chi connectivity index (χ3v) is 2.47. The summed E-state index contributed by atoms with van der Waals surface area (Å²) in [6.45, 7) is 3.76. The number of hydrazine groups is 1. The van der Waals surface area contributed by atoms with Crippen LogP contribution in [0, 0.1) is 0 Å². The van der Waals surface area contributed by atoms with Crippen LogP contribution in [0.3, 0.4) is 0 Å². The van der Waals surface area contributed by atoms with Gasteiger partial charge >= 0.3 is 0 Å². The second kappa shape index (κ2) is 4.79. The van der Waals surface area contributed by atoms with Crippen molar-refractivity contribution in [1.29, 1.82) is 0 Å². The lowest BCUT2D eigenvalue weighted by Gasteiger charge is -2.23. The van der Waals surface area contributed by atoms with E-state index in [0.29, 0.717) is 0 Å². The van der Waals surface area contributed by atoms with Gasteiger partial charge in [-0.25, -0.2) is 5.84 Å². The second-order valence-corrected chi connectivity index (χ2v) is 3.51. The molecule has 0 saturated heterocycles. The first-order valence-corrected chi connectivity index (χ1v) is 4.98. The maximum absolute atomic E-state index is 10.9. The Morgan fingerprint density at radius 3 is 2.33 bits per heavy atom. The highest BCUT2D eigenvalue weighted by atomic mass is 16.1. The molecule has 15 heavy (non-hydrogen) atoms. The summed E-state index contributed by atoms with van der Waals surface area (Å²) in [6, 6.07) is 7.25. The molecule has 0 fully saturated rings. The summed E-state index contributed by atoms with van der Waals surface area (Å²) in [4.78, 5) is 10.9. The lowest BCUT2D eigenvalue weighted by Crippen LogP contribution is -2.47. The molecule has 4 nitrogen and oxygen atoms in total. The number of hydrogen-bond donors (Lipinski definition) is 2.